The topological polar surface area (TPSA) is 29.5 Å². The molecule has 0 fully saturated rings. The second kappa shape index (κ2) is 8.21. The highest BCUT2D eigenvalue weighted by atomic mass is 16.5. The quantitative estimate of drug-likeness (QED) is 0.351. The number of quaternary nitrogens is 1. The smallest absolute Gasteiger partial charge is 0.182 e. The SMILES string of the molecule is CCCCCCOC[N+](C)(C)CCO. The minimum atomic E-state index is 0.228. The molecule has 0 aromatic carbocycles. The van der Waals surface area contributed by atoms with Gasteiger partial charge in [0.05, 0.1) is 27.3 Å². The summed E-state index contributed by atoms with van der Waals surface area (Å²) in [5.74, 6) is 0. The van der Waals surface area contributed by atoms with Crippen molar-refractivity contribution in [3.05, 3.63) is 0 Å². The Morgan fingerprint density at radius 1 is 1.14 bits per heavy atom. The zero-order chi connectivity index (χ0) is 10.9. The molecule has 0 spiro atoms. The zero-order valence-electron chi connectivity index (χ0n) is 9.96. The highest BCUT2D eigenvalue weighted by Gasteiger charge is 2.13. The van der Waals surface area contributed by atoms with Gasteiger partial charge in [-0.2, -0.15) is 0 Å². The van der Waals surface area contributed by atoms with Gasteiger partial charge in [0.25, 0.3) is 0 Å². The number of aliphatic hydroxyl groups excluding tert-OH is 1. The Bertz CT molecular complexity index is 126. The van der Waals surface area contributed by atoms with Gasteiger partial charge in [-0.1, -0.05) is 26.2 Å². The summed E-state index contributed by atoms with van der Waals surface area (Å²) in [5.41, 5.74) is 0. The largest absolute Gasteiger partial charge is 0.391 e. The molecule has 0 saturated heterocycles. The highest BCUT2D eigenvalue weighted by Crippen LogP contribution is 2.01. The lowest BCUT2D eigenvalue weighted by molar-refractivity contribution is -0.910. The molecule has 0 aliphatic heterocycles. The first-order valence-corrected chi connectivity index (χ1v) is 5.63. The summed E-state index contributed by atoms with van der Waals surface area (Å²) < 4.78 is 6.30. The molecule has 0 radical (unpaired) electrons. The summed E-state index contributed by atoms with van der Waals surface area (Å²) in [4.78, 5) is 0. The second-order valence-electron chi connectivity index (χ2n) is 4.48. The summed E-state index contributed by atoms with van der Waals surface area (Å²) in [5, 5.41) is 8.80. The Kier molecular flexibility index (Phi) is 8.14. The fraction of sp³-hybridized carbons (Fsp3) is 1.00. The maximum Gasteiger partial charge on any atom is 0.182 e. The van der Waals surface area contributed by atoms with Crippen LogP contribution < -0.4 is 0 Å². The molecule has 0 aliphatic rings. The highest BCUT2D eigenvalue weighted by molar-refractivity contribution is 4.38. The minimum Gasteiger partial charge on any atom is -0.391 e. The molecule has 0 saturated carbocycles. The van der Waals surface area contributed by atoms with E-state index in [-0.39, 0.29) is 6.61 Å². The van der Waals surface area contributed by atoms with Crippen LogP contribution in [0.2, 0.25) is 0 Å². The van der Waals surface area contributed by atoms with E-state index in [0.29, 0.717) is 6.73 Å². The predicted molar refractivity (Wildman–Crippen MR) is 59.0 cm³/mol. The normalized spacial score (nSPS) is 12.0. The Morgan fingerprint density at radius 3 is 2.43 bits per heavy atom. The fourth-order valence-electron chi connectivity index (χ4n) is 1.28. The van der Waals surface area contributed by atoms with Crippen molar-refractivity contribution in [2.24, 2.45) is 0 Å². The van der Waals surface area contributed by atoms with Gasteiger partial charge in [-0.15, -0.1) is 0 Å². The summed E-state index contributed by atoms with van der Waals surface area (Å²) in [6.07, 6.45) is 5.00. The van der Waals surface area contributed by atoms with Gasteiger partial charge in [0.2, 0.25) is 0 Å². The Morgan fingerprint density at radius 2 is 1.86 bits per heavy atom. The summed E-state index contributed by atoms with van der Waals surface area (Å²) >= 11 is 0. The van der Waals surface area contributed by atoms with Crippen LogP contribution in [0.25, 0.3) is 0 Å². The van der Waals surface area contributed by atoms with Crippen LogP contribution in [0, 0.1) is 0 Å². The van der Waals surface area contributed by atoms with E-state index >= 15 is 0 Å². The van der Waals surface area contributed by atoms with Gasteiger partial charge >= 0.3 is 0 Å². The lowest BCUT2D eigenvalue weighted by atomic mass is 10.2. The predicted octanol–water partition coefficient (Wildman–Crippen LogP) is 1.61. The molecular formula is C11H26NO2+. The average Bonchev–Trinajstić information content (AvgIpc) is 2.11. The van der Waals surface area contributed by atoms with Gasteiger partial charge in [-0.05, 0) is 6.42 Å². The number of likely N-dealkylation sites (N-methyl/N-ethyl adjacent to an activating group) is 1. The van der Waals surface area contributed by atoms with Crippen molar-refractivity contribution in [1.29, 1.82) is 0 Å². The van der Waals surface area contributed by atoms with Crippen molar-refractivity contribution in [2.45, 2.75) is 32.6 Å². The summed E-state index contributed by atoms with van der Waals surface area (Å²) in [7, 11) is 4.14. The van der Waals surface area contributed by atoms with Crippen molar-refractivity contribution in [3.63, 3.8) is 0 Å². The number of ether oxygens (including phenoxy) is 1. The summed E-state index contributed by atoms with van der Waals surface area (Å²) in [6.45, 7) is 4.75. The van der Waals surface area contributed by atoms with E-state index in [1.165, 1.54) is 19.3 Å². The lowest BCUT2D eigenvalue weighted by Gasteiger charge is -2.28. The van der Waals surface area contributed by atoms with E-state index in [1.807, 2.05) is 0 Å². The van der Waals surface area contributed by atoms with Crippen LogP contribution in [0.15, 0.2) is 0 Å². The minimum absolute atomic E-state index is 0.228. The molecule has 86 valence electrons. The van der Waals surface area contributed by atoms with Crippen LogP contribution in [-0.4, -0.2) is 50.2 Å². The van der Waals surface area contributed by atoms with Gasteiger partial charge in [0.15, 0.2) is 6.73 Å². The average molecular weight is 204 g/mol. The molecule has 0 heterocycles. The number of hydrogen-bond acceptors (Lipinski definition) is 2. The third kappa shape index (κ3) is 8.48. The molecule has 3 nitrogen and oxygen atoms in total. The Hall–Kier alpha value is -0.120. The van der Waals surface area contributed by atoms with Crippen LogP contribution in [0.1, 0.15) is 32.6 Å². The van der Waals surface area contributed by atoms with Crippen molar-refractivity contribution in [1.82, 2.24) is 0 Å². The molecule has 0 atom stereocenters. The third-order valence-electron chi connectivity index (χ3n) is 2.29. The van der Waals surface area contributed by atoms with Crippen molar-refractivity contribution >= 4 is 0 Å². The van der Waals surface area contributed by atoms with E-state index in [9.17, 15) is 0 Å². The summed E-state index contributed by atoms with van der Waals surface area (Å²) in [6, 6.07) is 0. The van der Waals surface area contributed by atoms with E-state index in [0.717, 1.165) is 24.1 Å². The maximum atomic E-state index is 8.80. The number of rotatable bonds is 9. The van der Waals surface area contributed by atoms with Gasteiger partial charge in [-0.25, -0.2) is 0 Å². The number of aliphatic hydroxyl groups is 1. The zero-order valence-corrected chi connectivity index (χ0v) is 9.96. The third-order valence-corrected chi connectivity index (χ3v) is 2.29. The van der Waals surface area contributed by atoms with Gasteiger partial charge < -0.3 is 14.3 Å². The van der Waals surface area contributed by atoms with Gasteiger partial charge in [0, 0.05) is 0 Å². The van der Waals surface area contributed by atoms with Crippen LogP contribution in [-0.2, 0) is 4.74 Å². The molecule has 14 heavy (non-hydrogen) atoms. The van der Waals surface area contributed by atoms with Crippen molar-refractivity contribution in [3.8, 4) is 0 Å². The Labute approximate surface area is 88.3 Å². The van der Waals surface area contributed by atoms with Crippen LogP contribution in [0.5, 0.6) is 0 Å². The van der Waals surface area contributed by atoms with E-state index in [4.69, 9.17) is 9.84 Å². The molecule has 0 amide bonds. The monoisotopic (exact) mass is 204 g/mol. The molecule has 0 aliphatic carbocycles. The van der Waals surface area contributed by atoms with Crippen LogP contribution in [0.4, 0.5) is 0 Å². The van der Waals surface area contributed by atoms with Gasteiger partial charge in [-0.3, -0.25) is 0 Å². The van der Waals surface area contributed by atoms with E-state index < -0.39 is 0 Å². The van der Waals surface area contributed by atoms with Crippen molar-refractivity contribution < 1.29 is 14.3 Å². The molecule has 0 aromatic heterocycles. The number of hydrogen-bond donors (Lipinski definition) is 1. The Balaban J connectivity index is 3.26. The van der Waals surface area contributed by atoms with Gasteiger partial charge in [0.1, 0.15) is 6.54 Å². The van der Waals surface area contributed by atoms with Crippen LogP contribution in [0.3, 0.4) is 0 Å². The standard InChI is InChI=1S/C11H26NO2/c1-4-5-6-7-10-14-11-12(2,3)8-9-13/h13H,4-11H2,1-3H3/q+1. The first-order valence-electron chi connectivity index (χ1n) is 5.63. The molecule has 0 rings (SSSR count). The van der Waals surface area contributed by atoms with E-state index in [1.54, 1.807) is 0 Å². The molecule has 0 aromatic rings. The van der Waals surface area contributed by atoms with Crippen molar-refractivity contribution in [2.75, 3.05) is 40.6 Å². The molecule has 3 heteroatoms. The van der Waals surface area contributed by atoms with Crippen LogP contribution >= 0.6 is 0 Å². The first kappa shape index (κ1) is 13.9. The van der Waals surface area contributed by atoms with E-state index in [2.05, 4.69) is 21.0 Å². The number of unbranched alkanes of at least 4 members (excludes halogenated alkanes) is 3. The molecule has 0 bridgehead atoms. The molecule has 1 N–H and O–H groups in total. The molecular weight excluding hydrogens is 178 g/mol. The first-order chi connectivity index (χ1) is 6.62. The fourth-order valence-corrected chi connectivity index (χ4v) is 1.28. The number of nitrogens with zero attached hydrogens (tertiary/aromatic N) is 1. The molecule has 0 unspecified atom stereocenters. The second-order valence-corrected chi connectivity index (χ2v) is 4.48. The lowest BCUT2D eigenvalue weighted by Crippen LogP contribution is -2.43. The maximum absolute atomic E-state index is 8.80.